The van der Waals surface area contributed by atoms with Crippen molar-refractivity contribution < 1.29 is 9.53 Å². The Hall–Kier alpha value is -2.47. The van der Waals surface area contributed by atoms with E-state index in [2.05, 4.69) is 20.4 Å². The zero-order chi connectivity index (χ0) is 15.6. The molecule has 1 amide bonds. The number of carbonyl (C=O) groups excluding carboxylic acids is 1. The molecule has 0 radical (unpaired) electrons. The molecule has 6 nitrogen and oxygen atoms in total. The van der Waals surface area contributed by atoms with E-state index in [1.54, 1.807) is 6.07 Å². The summed E-state index contributed by atoms with van der Waals surface area (Å²) in [5.41, 5.74) is 1.06. The summed E-state index contributed by atoms with van der Waals surface area (Å²) < 4.78 is 5.58. The van der Waals surface area contributed by atoms with Gasteiger partial charge < -0.3 is 15.0 Å². The van der Waals surface area contributed by atoms with Crippen LogP contribution in [0.2, 0.25) is 0 Å². The standard InChI is InChI=1S/C17H18N4O2/c22-17(18-12-4-2-1-3-5-12)15-8-9-16(20-19-15)21-13-6-7-14(21)11-23-10-13/h1-5,8-9,13-14H,6-7,10-11H2,(H,18,22). The highest BCUT2D eigenvalue weighted by atomic mass is 16.5. The number of nitrogens with one attached hydrogen (secondary N) is 1. The smallest absolute Gasteiger partial charge is 0.276 e. The van der Waals surface area contributed by atoms with E-state index in [1.165, 1.54) is 0 Å². The molecule has 2 aliphatic heterocycles. The zero-order valence-electron chi connectivity index (χ0n) is 12.7. The number of morpholine rings is 1. The van der Waals surface area contributed by atoms with Gasteiger partial charge in [0.05, 0.1) is 25.3 Å². The molecule has 2 saturated heterocycles. The van der Waals surface area contributed by atoms with Gasteiger partial charge in [-0.25, -0.2) is 0 Å². The largest absolute Gasteiger partial charge is 0.377 e. The first-order chi connectivity index (χ1) is 11.3. The second-order valence-electron chi connectivity index (χ2n) is 5.93. The van der Waals surface area contributed by atoms with Crippen molar-refractivity contribution in [3.63, 3.8) is 0 Å². The van der Waals surface area contributed by atoms with Crippen molar-refractivity contribution in [1.82, 2.24) is 10.2 Å². The lowest BCUT2D eigenvalue weighted by Crippen LogP contribution is -2.46. The van der Waals surface area contributed by atoms with Crippen LogP contribution in [0.4, 0.5) is 11.5 Å². The van der Waals surface area contributed by atoms with Crippen molar-refractivity contribution in [1.29, 1.82) is 0 Å². The molecule has 2 fully saturated rings. The van der Waals surface area contributed by atoms with Crippen LogP contribution in [0, 0.1) is 0 Å². The first-order valence-corrected chi connectivity index (χ1v) is 7.87. The third-order valence-corrected chi connectivity index (χ3v) is 4.42. The number of hydrogen-bond donors (Lipinski definition) is 1. The van der Waals surface area contributed by atoms with Gasteiger partial charge in [-0.05, 0) is 37.1 Å². The number of fused-ring (bicyclic) bond motifs is 2. The number of nitrogens with zero attached hydrogens (tertiary/aromatic N) is 3. The van der Waals surface area contributed by atoms with Gasteiger partial charge in [-0.15, -0.1) is 10.2 Å². The van der Waals surface area contributed by atoms with E-state index < -0.39 is 0 Å². The van der Waals surface area contributed by atoms with Crippen molar-refractivity contribution in [2.45, 2.75) is 24.9 Å². The first-order valence-electron chi connectivity index (χ1n) is 7.87. The lowest BCUT2D eigenvalue weighted by molar-refractivity contribution is 0.0900. The van der Waals surface area contributed by atoms with E-state index in [1.807, 2.05) is 36.4 Å². The second-order valence-corrected chi connectivity index (χ2v) is 5.93. The molecule has 118 valence electrons. The highest BCUT2D eigenvalue weighted by molar-refractivity contribution is 6.02. The monoisotopic (exact) mass is 310 g/mol. The molecule has 1 aromatic carbocycles. The fourth-order valence-corrected chi connectivity index (χ4v) is 3.30. The van der Waals surface area contributed by atoms with E-state index in [0.29, 0.717) is 17.8 Å². The summed E-state index contributed by atoms with van der Waals surface area (Å²) in [6.45, 7) is 1.49. The maximum Gasteiger partial charge on any atom is 0.276 e. The molecule has 3 heterocycles. The van der Waals surface area contributed by atoms with Crippen LogP contribution in [0.5, 0.6) is 0 Å². The Morgan fingerprint density at radius 3 is 2.43 bits per heavy atom. The van der Waals surface area contributed by atoms with Gasteiger partial charge in [0.2, 0.25) is 0 Å². The van der Waals surface area contributed by atoms with Crippen LogP contribution < -0.4 is 10.2 Å². The Bertz CT molecular complexity index is 673. The topological polar surface area (TPSA) is 67.4 Å². The normalized spacial score (nSPS) is 22.9. The van der Waals surface area contributed by atoms with E-state index in [4.69, 9.17) is 4.74 Å². The lowest BCUT2D eigenvalue weighted by Gasteiger charge is -2.35. The molecule has 0 aliphatic carbocycles. The third kappa shape index (κ3) is 2.77. The predicted molar refractivity (Wildman–Crippen MR) is 86.5 cm³/mol. The number of hydrogen-bond acceptors (Lipinski definition) is 5. The van der Waals surface area contributed by atoms with Crippen LogP contribution in [0.25, 0.3) is 0 Å². The molecule has 0 saturated carbocycles. The van der Waals surface area contributed by atoms with Crippen LogP contribution in [0.3, 0.4) is 0 Å². The van der Waals surface area contributed by atoms with Crippen molar-refractivity contribution in [2.24, 2.45) is 0 Å². The van der Waals surface area contributed by atoms with E-state index in [9.17, 15) is 4.79 Å². The maximum atomic E-state index is 12.2. The minimum Gasteiger partial charge on any atom is -0.377 e. The van der Waals surface area contributed by atoms with Gasteiger partial charge in [-0.2, -0.15) is 0 Å². The molecule has 2 atom stereocenters. The zero-order valence-corrected chi connectivity index (χ0v) is 12.7. The number of para-hydroxylation sites is 1. The van der Waals surface area contributed by atoms with Crippen LogP contribution >= 0.6 is 0 Å². The summed E-state index contributed by atoms with van der Waals surface area (Å²) in [4.78, 5) is 14.5. The quantitative estimate of drug-likeness (QED) is 0.940. The van der Waals surface area contributed by atoms with E-state index in [0.717, 1.165) is 37.6 Å². The van der Waals surface area contributed by atoms with Crippen molar-refractivity contribution in [3.05, 3.63) is 48.2 Å². The molecule has 0 spiro atoms. The van der Waals surface area contributed by atoms with Gasteiger partial charge in [0, 0.05) is 5.69 Å². The second kappa shape index (κ2) is 5.96. The van der Waals surface area contributed by atoms with Crippen LogP contribution in [-0.2, 0) is 4.74 Å². The van der Waals surface area contributed by atoms with Crippen LogP contribution in [0.15, 0.2) is 42.5 Å². The average Bonchev–Trinajstić information content (AvgIpc) is 2.84. The van der Waals surface area contributed by atoms with Crippen LogP contribution in [-0.4, -0.2) is 41.4 Å². The summed E-state index contributed by atoms with van der Waals surface area (Å²) in [5, 5.41) is 11.2. The number of benzene rings is 1. The number of carbonyl (C=O) groups is 1. The van der Waals surface area contributed by atoms with Crippen molar-refractivity contribution >= 4 is 17.4 Å². The minimum atomic E-state index is -0.250. The summed E-state index contributed by atoms with van der Waals surface area (Å²) in [7, 11) is 0. The Labute approximate surface area is 134 Å². The Morgan fingerprint density at radius 1 is 1.04 bits per heavy atom. The Morgan fingerprint density at radius 2 is 1.78 bits per heavy atom. The van der Waals surface area contributed by atoms with E-state index in [-0.39, 0.29) is 5.91 Å². The lowest BCUT2D eigenvalue weighted by atomic mass is 10.2. The molecule has 2 aliphatic rings. The van der Waals surface area contributed by atoms with E-state index >= 15 is 0 Å². The molecule has 2 bridgehead atoms. The highest BCUT2D eigenvalue weighted by Gasteiger charge is 2.38. The SMILES string of the molecule is O=C(Nc1ccccc1)c1ccc(N2C3CCC2COC3)nn1. The van der Waals surface area contributed by atoms with Crippen molar-refractivity contribution in [2.75, 3.05) is 23.4 Å². The number of amides is 1. The Balaban J connectivity index is 1.49. The van der Waals surface area contributed by atoms with Crippen molar-refractivity contribution in [3.8, 4) is 0 Å². The maximum absolute atomic E-state index is 12.2. The molecule has 1 aromatic heterocycles. The number of aromatic nitrogens is 2. The summed E-state index contributed by atoms with van der Waals surface area (Å²) >= 11 is 0. The molecule has 6 heteroatoms. The van der Waals surface area contributed by atoms with Gasteiger partial charge in [-0.3, -0.25) is 4.79 Å². The van der Waals surface area contributed by atoms with Gasteiger partial charge in [-0.1, -0.05) is 18.2 Å². The molecule has 1 N–H and O–H groups in total. The number of rotatable bonds is 3. The predicted octanol–water partition coefficient (Wildman–Crippen LogP) is 2.10. The molecule has 2 unspecified atom stereocenters. The number of anilines is 2. The molecule has 4 rings (SSSR count). The minimum absolute atomic E-state index is 0.250. The fourth-order valence-electron chi connectivity index (χ4n) is 3.30. The summed E-state index contributed by atoms with van der Waals surface area (Å²) in [6.07, 6.45) is 2.26. The molecular formula is C17H18N4O2. The first kappa shape index (κ1) is 14.1. The average molecular weight is 310 g/mol. The van der Waals surface area contributed by atoms with Gasteiger partial charge in [0.25, 0.3) is 5.91 Å². The van der Waals surface area contributed by atoms with Gasteiger partial charge in [0.15, 0.2) is 11.5 Å². The molecule has 2 aromatic rings. The summed E-state index contributed by atoms with van der Waals surface area (Å²) in [6, 6.07) is 13.7. The fraction of sp³-hybridized carbons (Fsp3) is 0.353. The summed E-state index contributed by atoms with van der Waals surface area (Å²) in [5.74, 6) is 0.581. The number of ether oxygens (including phenoxy) is 1. The molecular weight excluding hydrogens is 292 g/mol. The Kier molecular flexibility index (Phi) is 3.67. The van der Waals surface area contributed by atoms with Crippen LogP contribution in [0.1, 0.15) is 23.3 Å². The molecule has 23 heavy (non-hydrogen) atoms. The van der Waals surface area contributed by atoms with Gasteiger partial charge in [0.1, 0.15) is 0 Å². The third-order valence-electron chi connectivity index (χ3n) is 4.42. The highest BCUT2D eigenvalue weighted by Crippen LogP contribution is 2.32. The van der Waals surface area contributed by atoms with Gasteiger partial charge >= 0.3 is 0 Å².